The van der Waals surface area contributed by atoms with Crippen molar-refractivity contribution in [1.29, 1.82) is 0 Å². The van der Waals surface area contributed by atoms with Crippen molar-refractivity contribution in [3.8, 4) is 0 Å². The molecule has 1 amide bonds. The summed E-state index contributed by atoms with van der Waals surface area (Å²) in [6, 6.07) is 7.12. The summed E-state index contributed by atoms with van der Waals surface area (Å²) in [5.41, 5.74) is 7.13. The maximum absolute atomic E-state index is 11.3. The Morgan fingerprint density at radius 3 is 2.41 bits per heavy atom. The Morgan fingerprint density at radius 2 is 1.88 bits per heavy atom. The number of carbonyl (C=O) groups is 1. The van der Waals surface area contributed by atoms with Gasteiger partial charge in [0.1, 0.15) is 0 Å². The monoisotopic (exact) mass is 256 g/mol. The third kappa shape index (κ3) is 4.86. The number of nitrogen functional groups attached to an aromatic ring is 1. The van der Waals surface area contributed by atoms with Gasteiger partial charge in [0.25, 0.3) is 0 Å². The lowest BCUT2D eigenvalue weighted by molar-refractivity contribution is -0.119. The molecule has 0 aromatic heterocycles. The standard InChI is InChI=1S/C11H16N2O3S/c1-2-17(15,16)13-11(14)8-5-9-3-6-10(12)7-4-9/h3-4,6-7H,2,5,8,12H2,1H3,(H,13,14). The van der Waals surface area contributed by atoms with E-state index >= 15 is 0 Å². The van der Waals surface area contributed by atoms with Gasteiger partial charge in [-0.05, 0) is 31.0 Å². The lowest BCUT2D eigenvalue weighted by Gasteiger charge is -2.04. The van der Waals surface area contributed by atoms with Crippen LogP contribution in [0.15, 0.2) is 24.3 Å². The highest BCUT2D eigenvalue weighted by Crippen LogP contribution is 2.07. The third-order valence-corrected chi connectivity index (χ3v) is 3.57. The molecule has 0 saturated heterocycles. The van der Waals surface area contributed by atoms with Gasteiger partial charge in [0.15, 0.2) is 0 Å². The Morgan fingerprint density at radius 1 is 1.29 bits per heavy atom. The van der Waals surface area contributed by atoms with Crippen LogP contribution in [-0.4, -0.2) is 20.1 Å². The number of benzene rings is 1. The van der Waals surface area contributed by atoms with E-state index in [1.807, 2.05) is 16.9 Å². The predicted molar refractivity (Wildman–Crippen MR) is 66.8 cm³/mol. The number of carbonyl (C=O) groups excluding carboxylic acids is 1. The molecule has 0 unspecified atom stereocenters. The van der Waals surface area contributed by atoms with Crippen LogP contribution in [0.25, 0.3) is 0 Å². The van der Waals surface area contributed by atoms with Gasteiger partial charge in [-0.1, -0.05) is 12.1 Å². The molecule has 17 heavy (non-hydrogen) atoms. The van der Waals surface area contributed by atoms with Crippen molar-refractivity contribution >= 4 is 21.6 Å². The van der Waals surface area contributed by atoms with Gasteiger partial charge in [0.2, 0.25) is 15.9 Å². The van der Waals surface area contributed by atoms with Gasteiger partial charge >= 0.3 is 0 Å². The first kappa shape index (κ1) is 13.5. The topological polar surface area (TPSA) is 89.3 Å². The first-order chi connectivity index (χ1) is 7.93. The smallest absolute Gasteiger partial charge is 0.234 e. The molecule has 0 aliphatic rings. The molecule has 1 aromatic rings. The number of rotatable bonds is 5. The van der Waals surface area contributed by atoms with E-state index in [1.165, 1.54) is 6.92 Å². The van der Waals surface area contributed by atoms with Crippen LogP contribution in [-0.2, 0) is 21.2 Å². The second kappa shape index (κ2) is 5.67. The first-order valence-electron chi connectivity index (χ1n) is 5.30. The third-order valence-electron chi connectivity index (χ3n) is 2.27. The van der Waals surface area contributed by atoms with Crippen molar-refractivity contribution in [2.75, 3.05) is 11.5 Å². The Labute approximate surface area is 101 Å². The second-order valence-corrected chi connectivity index (χ2v) is 5.68. The second-order valence-electron chi connectivity index (χ2n) is 3.67. The number of amides is 1. The highest BCUT2D eigenvalue weighted by Gasteiger charge is 2.11. The maximum atomic E-state index is 11.3. The average molecular weight is 256 g/mol. The van der Waals surface area contributed by atoms with Gasteiger partial charge in [0.05, 0.1) is 5.75 Å². The average Bonchev–Trinajstić information content (AvgIpc) is 2.28. The Hall–Kier alpha value is -1.56. The lowest BCUT2D eigenvalue weighted by atomic mass is 10.1. The van der Waals surface area contributed by atoms with Crippen LogP contribution in [0.2, 0.25) is 0 Å². The molecule has 0 aliphatic carbocycles. The molecule has 5 nitrogen and oxygen atoms in total. The minimum Gasteiger partial charge on any atom is -0.399 e. The highest BCUT2D eigenvalue weighted by molar-refractivity contribution is 7.90. The zero-order chi connectivity index (χ0) is 12.9. The Balaban J connectivity index is 2.46. The summed E-state index contributed by atoms with van der Waals surface area (Å²) in [6.45, 7) is 1.48. The van der Waals surface area contributed by atoms with E-state index in [2.05, 4.69) is 0 Å². The fourth-order valence-electron chi connectivity index (χ4n) is 1.24. The minimum absolute atomic E-state index is 0.0966. The molecular formula is C11H16N2O3S. The largest absolute Gasteiger partial charge is 0.399 e. The van der Waals surface area contributed by atoms with Gasteiger partial charge in [-0.3, -0.25) is 9.52 Å². The molecular weight excluding hydrogens is 240 g/mol. The number of nitrogens with one attached hydrogen (secondary N) is 1. The summed E-state index contributed by atoms with van der Waals surface area (Å²) in [6.07, 6.45) is 0.633. The summed E-state index contributed by atoms with van der Waals surface area (Å²) in [7, 11) is -3.45. The number of sulfonamides is 1. The van der Waals surface area contributed by atoms with Gasteiger partial charge in [-0.15, -0.1) is 0 Å². The van der Waals surface area contributed by atoms with E-state index < -0.39 is 15.9 Å². The summed E-state index contributed by atoms with van der Waals surface area (Å²) < 4.78 is 24.2. The highest BCUT2D eigenvalue weighted by atomic mass is 32.2. The summed E-state index contributed by atoms with van der Waals surface area (Å²) >= 11 is 0. The zero-order valence-corrected chi connectivity index (χ0v) is 10.5. The van der Waals surface area contributed by atoms with Crippen molar-refractivity contribution in [1.82, 2.24) is 4.72 Å². The molecule has 0 radical (unpaired) electrons. The van der Waals surface area contributed by atoms with E-state index in [-0.39, 0.29) is 12.2 Å². The molecule has 1 rings (SSSR count). The van der Waals surface area contributed by atoms with E-state index in [1.54, 1.807) is 12.1 Å². The van der Waals surface area contributed by atoms with Crippen LogP contribution in [0.3, 0.4) is 0 Å². The number of hydrogen-bond donors (Lipinski definition) is 2. The van der Waals surface area contributed by atoms with Crippen LogP contribution in [0.1, 0.15) is 18.9 Å². The van der Waals surface area contributed by atoms with Crippen molar-refractivity contribution < 1.29 is 13.2 Å². The molecule has 6 heteroatoms. The number of aryl methyl sites for hydroxylation is 1. The van der Waals surface area contributed by atoms with Crippen LogP contribution < -0.4 is 10.5 Å². The van der Waals surface area contributed by atoms with Crippen molar-refractivity contribution in [3.05, 3.63) is 29.8 Å². The molecule has 0 atom stereocenters. The van der Waals surface area contributed by atoms with Crippen LogP contribution in [0.5, 0.6) is 0 Å². The Bertz CT molecular complexity index is 480. The molecule has 1 aromatic carbocycles. The van der Waals surface area contributed by atoms with Gasteiger partial charge in [-0.25, -0.2) is 8.42 Å². The molecule has 0 saturated carbocycles. The minimum atomic E-state index is -3.45. The normalized spacial score (nSPS) is 11.1. The van der Waals surface area contributed by atoms with Gasteiger partial charge in [0, 0.05) is 12.1 Å². The fourth-order valence-corrected chi connectivity index (χ4v) is 1.83. The van der Waals surface area contributed by atoms with Gasteiger partial charge in [-0.2, -0.15) is 0 Å². The lowest BCUT2D eigenvalue weighted by Crippen LogP contribution is -2.31. The first-order valence-corrected chi connectivity index (χ1v) is 6.96. The van der Waals surface area contributed by atoms with E-state index in [0.29, 0.717) is 12.1 Å². The molecule has 0 aliphatic heterocycles. The van der Waals surface area contributed by atoms with Crippen LogP contribution >= 0.6 is 0 Å². The molecule has 0 fully saturated rings. The van der Waals surface area contributed by atoms with E-state index in [0.717, 1.165) is 5.56 Å². The molecule has 94 valence electrons. The maximum Gasteiger partial charge on any atom is 0.234 e. The number of anilines is 1. The molecule has 0 heterocycles. The summed E-state index contributed by atoms with van der Waals surface area (Å²) in [5, 5.41) is 0. The van der Waals surface area contributed by atoms with Gasteiger partial charge < -0.3 is 5.73 Å². The SMILES string of the molecule is CCS(=O)(=O)NC(=O)CCc1ccc(N)cc1. The Kier molecular flexibility index (Phi) is 4.51. The summed E-state index contributed by atoms with van der Waals surface area (Å²) in [5.74, 6) is -0.579. The number of nitrogens with two attached hydrogens (primary N) is 1. The van der Waals surface area contributed by atoms with Crippen molar-refractivity contribution in [2.45, 2.75) is 19.8 Å². The zero-order valence-electron chi connectivity index (χ0n) is 9.64. The molecule has 0 spiro atoms. The predicted octanol–water partition coefficient (Wildman–Crippen LogP) is 0.667. The van der Waals surface area contributed by atoms with E-state index in [9.17, 15) is 13.2 Å². The van der Waals surface area contributed by atoms with Crippen LogP contribution in [0.4, 0.5) is 5.69 Å². The molecule has 0 bridgehead atoms. The summed E-state index contributed by atoms with van der Waals surface area (Å²) in [4.78, 5) is 11.3. The fraction of sp³-hybridized carbons (Fsp3) is 0.364. The van der Waals surface area contributed by atoms with Crippen molar-refractivity contribution in [2.24, 2.45) is 0 Å². The number of hydrogen-bond acceptors (Lipinski definition) is 4. The quantitative estimate of drug-likeness (QED) is 0.758. The molecule has 3 N–H and O–H groups in total. The van der Waals surface area contributed by atoms with Crippen molar-refractivity contribution in [3.63, 3.8) is 0 Å². The van der Waals surface area contributed by atoms with Crippen LogP contribution in [0, 0.1) is 0 Å². The van der Waals surface area contributed by atoms with E-state index in [4.69, 9.17) is 5.73 Å².